The molecule has 0 radical (unpaired) electrons. The van der Waals surface area contributed by atoms with E-state index in [1.165, 1.54) is 25.7 Å². The molecule has 0 aromatic heterocycles. The Morgan fingerprint density at radius 1 is 1.31 bits per heavy atom. The van der Waals surface area contributed by atoms with Crippen LogP contribution < -0.4 is 5.32 Å². The lowest BCUT2D eigenvalue weighted by atomic mass is 9.95. The monoisotopic (exact) mass is 244 g/mol. The zero-order valence-corrected chi connectivity index (χ0v) is 12.1. The molecule has 1 rings (SSSR count). The van der Waals surface area contributed by atoms with Crippen LogP contribution in [0, 0.1) is 0 Å². The van der Waals surface area contributed by atoms with Crippen LogP contribution in [0.2, 0.25) is 0 Å². The highest BCUT2D eigenvalue weighted by molar-refractivity contribution is 7.99. The minimum absolute atomic E-state index is 0.657. The molecule has 0 bridgehead atoms. The van der Waals surface area contributed by atoms with Gasteiger partial charge in [-0.2, -0.15) is 11.8 Å². The summed E-state index contributed by atoms with van der Waals surface area (Å²) in [5.41, 5.74) is 0. The van der Waals surface area contributed by atoms with Gasteiger partial charge in [-0.05, 0) is 40.0 Å². The van der Waals surface area contributed by atoms with Gasteiger partial charge >= 0.3 is 0 Å². The molecule has 1 N–H and O–H groups in total. The quantitative estimate of drug-likeness (QED) is 0.773. The zero-order valence-electron chi connectivity index (χ0n) is 11.3. The highest BCUT2D eigenvalue weighted by Gasteiger charge is 2.23. The van der Waals surface area contributed by atoms with Crippen LogP contribution in [0.3, 0.4) is 0 Å². The Bertz CT molecular complexity index is 185. The van der Waals surface area contributed by atoms with Crippen molar-refractivity contribution in [1.29, 1.82) is 0 Å². The maximum atomic E-state index is 3.75. The van der Waals surface area contributed by atoms with Gasteiger partial charge in [-0.15, -0.1) is 0 Å². The summed E-state index contributed by atoms with van der Waals surface area (Å²) in [5, 5.41) is 4.59. The molecule has 1 fully saturated rings. The molecule has 2 unspecified atom stereocenters. The second-order valence-electron chi connectivity index (χ2n) is 5.19. The van der Waals surface area contributed by atoms with E-state index in [0.29, 0.717) is 6.04 Å². The Morgan fingerprint density at radius 2 is 2.00 bits per heavy atom. The molecule has 1 aliphatic carbocycles. The van der Waals surface area contributed by atoms with Gasteiger partial charge in [0.15, 0.2) is 0 Å². The van der Waals surface area contributed by atoms with E-state index in [2.05, 4.69) is 37.4 Å². The molecule has 0 aliphatic heterocycles. The second kappa shape index (κ2) is 7.57. The zero-order chi connectivity index (χ0) is 12.0. The van der Waals surface area contributed by atoms with Crippen LogP contribution in [0.4, 0.5) is 0 Å². The van der Waals surface area contributed by atoms with Crippen molar-refractivity contribution in [3.8, 4) is 0 Å². The van der Waals surface area contributed by atoms with Gasteiger partial charge in [-0.3, -0.25) is 0 Å². The number of hydrogen-bond acceptors (Lipinski definition) is 3. The Labute approximate surface area is 106 Å². The Kier molecular flexibility index (Phi) is 6.78. The van der Waals surface area contributed by atoms with Crippen LogP contribution in [0.15, 0.2) is 0 Å². The van der Waals surface area contributed by atoms with E-state index in [1.54, 1.807) is 0 Å². The van der Waals surface area contributed by atoms with Gasteiger partial charge in [0.05, 0.1) is 0 Å². The fourth-order valence-corrected chi connectivity index (χ4v) is 3.26. The van der Waals surface area contributed by atoms with Crippen LogP contribution in [0.1, 0.15) is 39.5 Å². The molecule has 0 aromatic rings. The largest absolute Gasteiger partial charge is 0.312 e. The minimum atomic E-state index is 0.657. The van der Waals surface area contributed by atoms with Crippen molar-refractivity contribution >= 4 is 11.8 Å². The van der Waals surface area contributed by atoms with E-state index >= 15 is 0 Å². The number of nitrogens with one attached hydrogen (secondary N) is 1. The lowest BCUT2D eigenvalue weighted by molar-refractivity contribution is 0.263. The molecular weight excluding hydrogens is 216 g/mol. The van der Waals surface area contributed by atoms with Crippen molar-refractivity contribution in [3.63, 3.8) is 0 Å². The first-order valence-electron chi connectivity index (χ1n) is 6.61. The van der Waals surface area contributed by atoms with Gasteiger partial charge in [-0.25, -0.2) is 0 Å². The summed E-state index contributed by atoms with van der Waals surface area (Å²) in [6.45, 7) is 6.81. The summed E-state index contributed by atoms with van der Waals surface area (Å²) >= 11 is 2.04. The second-order valence-corrected chi connectivity index (χ2v) is 6.27. The summed E-state index contributed by atoms with van der Waals surface area (Å²) < 4.78 is 0. The summed E-state index contributed by atoms with van der Waals surface area (Å²) in [6.07, 6.45) is 7.87. The van der Waals surface area contributed by atoms with E-state index in [1.807, 2.05) is 11.8 Å². The van der Waals surface area contributed by atoms with E-state index in [9.17, 15) is 0 Å². The predicted molar refractivity (Wildman–Crippen MR) is 75.3 cm³/mol. The highest BCUT2D eigenvalue weighted by Crippen LogP contribution is 2.26. The van der Waals surface area contributed by atoms with Crippen LogP contribution in [0.25, 0.3) is 0 Å². The summed E-state index contributed by atoms with van der Waals surface area (Å²) in [7, 11) is 2.21. The van der Waals surface area contributed by atoms with Gasteiger partial charge in [0.2, 0.25) is 0 Å². The lowest BCUT2D eigenvalue weighted by Crippen LogP contribution is -2.44. The summed E-state index contributed by atoms with van der Waals surface area (Å²) in [4.78, 5) is 2.41. The fourth-order valence-electron chi connectivity index (χ4n) is 2.30. The molecule has 0 amide bonds. The Morgan fingerprint density at radius 3 is 2.62 bits per heavy atom. The summed E-state index contributed by atoms with van der Waals surface area (Å²) in [5.74, 6) is 0. The molecule has 1 saturated carbocycles. The van der Waals surface area contributed by atoms with Crippen molar-refractivity contribution in [2.75, 3.05) is 26.4 Å². The van der Waals surface area contributed by atoms with E-state index in [0.717, 1.165) is 24.4 Å². The SMILES string of the molecule is CSC1CCCCC1NCCN(C)C(C)C. The minimum Gasteiger partial charge on any atom is -0.312 e. The maximum absolute atomic E-state index is 3.75. The smallest absolute Gasteiger partial charge is 0.0198 e. The third-order valence-electron chi connectivity index (χ3n) is 3.76. The molecule has 0 spiro atoms. The van der Waals surface area contributed by atoms with E-state index in [4.69, 9.17) is 0 Å². The van der Waals surface area contributed by atoms with Crippen LogP contribution in [-0.4, -0.2) is 48.6 Å². The average Bonchev–Trinajstić information content (AvgIpc) is 2.29. The fraction of sp³-hybridized carbons (Fsp3) is 1.00. The van der Waals surface area contributed by atoms with Crippen LogP contribution in [0.5, 0.6) is 0 Å². The van der Waals surface area contributed by atoms with E-state index in [-0.39, 0.29) is 0 Å². The van der Waals surface area contributed by atoms with Gasteiger partial charge in [0.25, 0.3) is 0 Å². The predicted octanol–water partition coefficient (Wildman–Crippen LogP) is 2.59. The standard InChI is InChI=1S/C13H28N2S/c1-11(2)15(3)10-9-14-12-7-5-6-8-13(12)16-4/h11-14H,5-10H2,1-4H3. The van der Waals surface area contributed by atoms with Gasteiger partial charge in [0, 0.05) is 30.4 Å². The molecule has 96 valence electrons. The molecule has 2 atom stereocenters. The molecule has 1 aliphatic rings. The Hall–Kier alpha value is 0.270. The van der Waals surface area contributed by atoms with Crippen molar-refractivity contribution < 1.29 is 0 Å². The molecule has 0 saturated heterocycles. The first kappa shape index (κ1) is 14.3. The Balaban J connectivity index is 2.20. The number of thioether (sulfide) groups is 1. The molecule has 0 heterocycles. The maximum Gasteiger partial charge on any atom is 0.0198 e. The van der Waals surface area contributed by atoms with Gasteiger partial charge < -0.3 is 10.2 Å². The van der Waals surface area contributed by atoms with Crippen LogP contribution in [-0.2, 0) is 0 Å². The first-order chi connectivity index (χ1) is 7.65. The lowest BCUT2D eigenvalue weighted by Gasteiger charge is -2.32. The normalized spacial score (nSPS) is 26.6. The summed E-state index contributed by atoms with van der Waals surface area (Å²) in [6, 6.07) is 1.41. The molecule has 16 heavy (non-hydrogen) atoms. The topological polar surface area (TPSA) is 15.3 Å². The van der Waals surface area contributed by atoms with Crippen molar-refractivity contribution in [2.45, 2.75) is 56.9 Å². The average molecular weight is 244 g/mol. The molecule has 3 heteroatoms. The molecular formula is C13H28N2S. The van der Waals surface area contributed by atoms with Crippen LogP contribution >= 0.6 is 11.8 Å². The van der Waals surface area contributed by atoms with Crippen molar-refractivity contribution in [3.05, 3.63) is 0 Å². The number of rotatable bonds is 6. The van der Waals surface area contributed by atoms with Gasteiger partial charge in [0.1, 0.15) is 0 Å². The highest BCUT2D eigenvalue weighted by atomic mass is 32.2. The van der Waals surface area contributed by atoms with Crippen molar-refractivity contribution in [1.82, 2.24) is 10.2 Å². The van der Waals surface area contributed by atoms with E-state index < -0.39 is 0 Å². The number of likely N-dealkylation sites (N-methyl/N-ethyl adjacent to an activating group) is 1. The third-order valence-corrected chi connectivity index (χ3v) is 4.93. The number of nitrogens with zero attached hydrogens (tertiary/aromatic N) is 1. The first-order valence-corrected chi connectivity index (χ1v) is 7.90. The number of hydrogen-bond donors (Lipinski definition) is 1. The third kappa shape index (κ3) is 4.64. The van der Waals surface area contributed by atoms with Crippen molar-refractivity contribution in [2.24, 2.45) is 0 Å². The molecule has 2 nitrogen and oxygen atoms in total. The molecule has 0 aromatic carbocycles. The van der Waals surface area contributed by atoms with Gasteiger partial charge in [-0.1, -0.05) is 12.8 Å².